The molecule has 0 aliphatic carbocycles. The van der Waals surface area contributed by atoms with Crippen molar-refractivity contribution in [2.75, 3.05) is 30.3 Å². The quantitative estimate of drug-likeness (QED) is 0.762. The lowest BCUT2D eigenvalue weighted by atomic mass is 10.2. The summed E-state index contributed by atoms with van der Waals surface area (Å²) in [5, 5.41) is 3.14. The molecule has 0 aliphatic heterocycles. The molecule has 7 heteroatoms. The summed E-state index contributed by atoms with van der Waals surface area (Å²) in [5.41, 5.74) is 1.58. The van der Waals surface area contributed by atoms with Crippen LogP contribution in [0.15, 0.2) is 47.4 Å². The van der Waals surface area contributed by atoms with Gasteiger partial charge in [0.15, 0.2) is 0 Å². The molecule has 124 valence electrons. The maximum atomic E-state index is 13.3. The van der Waals surface area contributed by atoms with Crippen molar-refractivity contribution in [3.63, 3.8) is 0 Å². The van der Waals surface area contributed by atoms with Gasteiger partial charge in [0.2, 0.25) is 0 Å². The van der Waals surface area contributed by atoms with E-state index in [0.717, 1.165) is 11.8 Å². The molecule has 2 aromatic rings. The minimum atomic E-state index is -3.74. The Morgan fingerprint density at radius 3 is 2.35 bits per heavy atom. The minimum absolute atomic E-state index is 0.0266. The molecule has 2 N–H and O–H groups in total. The molecule has 2 rings (SSSR count). The molecule has 0 heterocycles. The number of hydrogen-bond donors (Lipinski definition) is 2. The number of halogens is 1. The van der Waals surface area contributed by atoms with Gasteiger partial charge in [-0.25, -0.2) is 12.8 Å². The van der Waals surface area contributed by atoms with Gasteiger partial charge in [-0.2, -0.15) is 0 Å². The van der Waals surface area contributed by atoms with Crippen molar-refractivity contribution in [2.24, 2.45) is 0 Å². The van der Waals surface area contributed by atoms with E-state index in [0.29, 0.717) is 18.8 Å². The molecular formula is C16H19FN2O3S. The van der Waals surface area contributed by atoms with E-state index in [-0.39, 0.29) is 10.5 Å². The molecule has 0 bridgehead atoms. The van der Waals surface area contributed by atoms with E-state index in [1.54, 1.807) is 31.4 Å². The van der Waals surface area contributed by atoms with Gasteiger partial charge in [0.1, 0.15) is 5.82 Å². The van der Waals surface area contributed by atoms with Gasteiger partial charge in [-0.15, -0.1) is 0 Å². The third kappa shape index (κ3) is 4.67. The van der Waals surface area contributed by atoms with E-state index < -0.39 is 15.8 Å². The standard InChI is InChI=1S/C16H19FN2O3S/c1-12-11-15(7-8-16(12)17)23(20,21)19-14-5-3-13(4-6-14)18-9-10-22-2/h3-8,11,18-19H,9-10H2,1-2H3. The number of aryl methyl sites for hydroxylation is 1. The van der Waals surface area contributed by atoms with Gasteiger partial charge < -0.3 is 10.1 Å². The average molecular weight is 338 g/mol. The van der Waals surface area contributed by atoms with Crippen LogP contribution in [0.1, 0.15) is 5.56 Å². The highest BCUT2D eigenvalue weighted by molar-refractivity contribution is 7.92. The average Bonchev–Trinajstić information content (AvgIpc) is 2.51. The van der Waals surface area contributed by atoms with E-state index in [4.69, 9.17) is 4.74 Å². The van der Waals surface area contributed by atoms with Crippen molar-refractivity contribution in [3.8, 4) is 0 Å². The summed E-state index contributed by atoms with van der Waals surface area (Å²) in [5.74, 6) is -0.435. The lowest BCUT2D eigenvalue weighted by Crippen LogP contribution is -2.13. The Balaban J connectivity index is 2.09. The number of hydrogen-bond acceptors (Lipinski definition) is 4. The van der Waals surface area contributed by atoms with Crippen molar-refractivity contribution >= 4 is 21.4 Å². The van der Waals surface area contributed by atoms with Crippen LogP contribution in [-0.4, -0.2) is 28.7 Å². The van der Waals surface area contributed by atoms with Crippen LogP contribution >= 0.6 is 0 Å². The van der Waals surface area contributed by atoms with E-state index in [1.165, 1.54) is 19.1 Å². The van der Waals surface area contributed by atoms with Gasteiger partial charge in [0.05, 0.1) is 11.5 Å². The number of anilines is 2. The summed E-state index contributed by atoms with van der Waals surface area (Å²) in [6.45, 7) is 2.77. The van der Waals surface area contributed by atoms with Crippen LogP contribution in [0.2, 0.25) is 0 Å². The largest absolute Gasteiger partial charge is 0.383 e. The predicted octanol–water partition coefficient (Wildman–Crippen LogP) is 2.99. The molecule has 0 radical (unpaired) electrons. The van der Waals surface area contributed by atoms with Gasteiger partial charge in [-0.3, -0.25) is 4.72 Å². The SMILES string of the molecule is COCCNc1ccc(NS(=O)(=O)c2ccc(F)c(C)c2)cc1. The number of nitrogens with one attached hydrogen (secondary N) is 2. The molecule has 23 heavy (non-hydrogen) atoms. The Morgan fingerprint density at radius 1 is 1.09 bits per heavy atom. The second-order valence-electron chi connectivity index (χ2n) is 5.01. The topological polar surface area (TPSA) is 67.4 Å². The smallest absolute Gasteiger partial charge is 0.261 e. The fraction of sp³-hybridized carbons (Fsp3) is 0.250. The number of methoxy groups -OCH3 is 1. The maximum Gasteiger partial charge on any atom is 0.261 e. The van der Waals surface area contributed by atoms with Crippen LogP contribution in [0.3, 0.4) is 0 Å². The van der Waals surface area contributed by atoms with E-state index in [1.807, 2.05) is 0 Å². The number of ether oxygens (including phenoxy) is 1. The van der Waals surface area contributed by atoms with E-state index in [2.05, 4.69) is 10.0 Å². The summed E-state index contributed by atoms with van der Waals surface area (Å²) in [6.07, 6.45) is 0. The zero-order valence-electron chi connectivity index (χ0n) is 13.0. The Kier molecular flexibility index (Phi) is 5.57. The molecule has 0 aliphatic rings. The monoisotopic (exact) mass is 338 g/mol. The molecule has 0 atom stereocenters. The van der Waals surface area contributed by atoms with Gasteiger partial charge in [-0.1, -0.05) is 0 Å². The first-order valence-corrected chi connectivity index (χ1v) is 8.52. The zero-order chi connectivity index (χ0) is 16.9. The summed E-state index contributed by atoms with van der Waals surface area (Å²) < 4.78 is 45.3. The number of benzene rings is 2. The fourth-order valence-electron chi connectivity index (χ4n) is 1.95. The van der Waals surface area contributed by atoms with Crippen molar-refractivity contribution < 1.29 is 17.5 Å². The number of rotatable bonds is 7. The Labute approximate surface area is 135 Å². The molecule has 5 nitrogen and oxygen atoms in total. The van der Waals surface area contributed by atoms with Crippen LogP contribution in [0, 0.1) is 12.7 Å². The molecule has 0 fully saturated rings. The molecule has 0 aromatic heterocycles. The van der Waals surface area contributed by atoms with Gasteiger partial charge in [-0.05, 0) is 55.0 Å². The predicted molar refractivity (Wildman–Crippen MR) is 88.8 cm³/mol. The summed E-state index contributed by atoms with van der Waals surface area (Å²) >= 11 is 0. The molecule has 0 amide bonds. The van der Waals surface area contributed by atoms with E-state index >= 15 is 0 Å². The summed E-state index contributed by atoms with van der Waals surface area (Å²) in [4.78, 5) is 0.0266. The Bertz CT molecular complexity index is 761. The summed E-state index contributed by atoms with van der Waals surface area (Å²) in [7, 11) is -2.12. The maximum absolute atomic E-state index is 13.3. The molecule has 0 spiro atoms. The minimum Gasteiger partial charge on any atom is -0.383 e. The Hall–Kier alpha value is -2.12. The summed E-state index contributed by atoms with van der Waals surface area (Å²) in [6, 6.07) is 10.5. The normalized spacial score (nSPS) is 11.3. The number of sulfonamides is 1. The highest BCUT2D eigenvalue weighted by Gasteiger charge is 2.15. The first kappa shape index (κ1) is 17.2. The highest BCUT2D eigenvalue weighted by Crippen LogP contribution is 2.20. The van der Waals surface area contributed by atoms with Crippen LogP contribution in [-0.2, 0) is 14.8 Å². The van der Waals surface area contributed by atoms with E-state index in [9.17, 15) is 12.8 Å². The van der Waals surface area contributed by atoms with Crippen LogP contribution < -0.4 is 10.0 Å². The lowest BCUT2D eigenvalue weighted by molar-refractivity contribution is 0.211. The van der Waals surface area contributed by atoms with Gasteiger partial charge in [0, 0.05) is 25.0 Å². The van der Waals surface area contributed by atoms with Crippen molar-refractivity contribution in [3.05, 3.63) is 53.8 Å². The fourth-order valence-corrected chi connectivity index (χ4v) is 3.10. The molecular weight excluding hydrogens is 319 g/mol. The molecule has 0 unspecified atom stereocenters. The van der Waals surface area contributed by atoms with Gasteiger partial charge in [0.25, 0.3) is 10.0 Å². The Morgan fingerprint density at radius 2 is 1.74 bits per heavy atom. The van der Waals surface area contributed by atoms with Crippen molar-refractivity contribution in [1.82, 2.24) is 0 Å². The van der Waals surface area contributed by atoms with Crippen molar-refractivity contribution in [1.29, 1.82) is 0 Å². The first-order valence-electron chi connectivity index (χ1n) is 7.04. The molecule has 2 aromatic carbocycles. The van der Waals surface area contributed by atoms with Crippen LogP contribution in [0.4, 0.5) is 15.8 Å². The zero-order valence-corrected chi connectivity index (χ0v) is 13.8. The second-order valence-corrected chi connectivity index (χ2v) is 6.70. The third-order valence-electron chi connectivity index (χ3n) is 3.21. The molecule has 0 saturated heterocycles. The second kappa shape index (κ2) is 7.43. The first-order chi connectivity index (χ1) is 10.9. The molecule has 0 saturated carbocycles. The lowest BCUT2D eigenvalue weighted by Gasteiger charge is -2.10. The highest BCUT2D eigenvalue weighted by atomic mass is 32.2. The van der Waals surface area contributed by atoms with Gasteiger partial charge >= 0.3 is 0 Å². The van der Waals surface area contributed by atoms with Crippen LogP contribution in [0.5, 0.6) is 0 Å². The third-order valence-corrected chi connectivity index (χ3v) is 4.59. The van der Waals surface area contributed by atoms with Crippen LogP contribution in [0.25, 0.3) is 0 Å². The van der Waals surface area contributed by atoms with Crippen molar-refractivity contribution in [2.45, 2.75) is 11.8 Å².